The monoisotopic (exact) mass is 398 g/mol. The van der Waals surface area contributed by atoms with Gasteiger partial charge in [-0.05, 0) is 75.5 Å². The standard InChI is InChI=1S/C22H27FN4O2/c1-13(2)27-18(11-12-24-27)21(28)26-20(19(14-7-8-14)15-9-10-15)22(29)25-17-6-4-3-5-16(17)23/h3-6,11-15,19-20H,7-10H2,1-2H3,(H,25,29)(H,26,28). The van der Waals surface area contributed by atoms with Crippen LogP contribution in [0.3, 0.4) is 0 Å². The first kappa shape index (κ1) is 19.6. The Morgan fingerprint density at radius 3 is 2.34 bits per heavy atom. The van der Waals surface area contributed by atoms with Gasteiger partial charge in [-0.1, -0.05) is 12.1 Å². The number of rotatable bonds is 8. The van der Waals surface area contributed by atoms with Crippen molar-refractivity contribution in [1.29, 1.82) is 0 Å². The fraction of sp³-hybridized carbons (Fsp3) is 0.500. The van der Waals surface area contributed by atoms with Gasteiger partial charge in [0.2, 0.25) is 5.91 Å². The second-order valence-electron chi connectivity index (χ2n) is 8.43. The molecule has 1 heterocycles. The van der Waals surface area contributed by atoms with Crippen LogP contribution in [-0.4, -0.2) is 27.6 Å². The van der Waals surface area contributed by atoms with Gasteiger partial charge >= 0.3 is 0 Å². The molecule has 1 unspecified atom stereocenters. The lowest BCUT2D eigenvalue weighted by Crippen LogP contribution is -2.50. The molecule has 7 heteroatoms. The Morgan fingerprint density at radius 1 is 1.10 bits per heavy atom. The van der Waals surface area contributed by atoms with E-state index in [0.717, 1.165) is 25.7 Å². The quantitative estimate of drug-likeness (QED) is 0.711. The molecule has 0 radical (unpaired) electrons. The number of benzene rings is 1. The van der Waals surface area contributed by atoms with Crippen molar-refractivity contribution in [2.24, 2.45) is 17.8 Å². The van der Waals surface area contributed by atoms with E-state index in [1.165, 1.54) is 12.1 Å². The summed E-state index contributed by atoms with van der Waals surface area (Å²) in [5, 5.41) is 9.87. The van der Waals surface area contributed by atoms with Crippen molar-refractivity contribution < 1.29 is 14.0 Å². The summed E-state index contributed by atoms with van der Waals surface area (Å²) < 4.78 is 15.7. The highest BCUT2D eigenvalue weighted by Gasteiger charge is 2.48. The molecule has 1 aromatic heterocycles. The van der Waals surface area contributed by atoms with E-state index in [4.69, 9.17) is 0 Å². The third-order valence-electron chi connectivity index (χ3n) is 5.81. The van der Waals surface area contributed by atoms with Crippen molar-refractivity contribution in [2.45, 2.75) is 51.6 Å². The molecule has 0 saturated heterocycles. The molecule has 1 aromatic carbocycles. The lowest BCUT2D eigenvalue weighted by Gasteiger charge is -2.28. The largest absolute Gasteiger partial charge is 0.339 e. The fourth-order valence-electron chi connectivity index (χ4n) is 4.12. The van der Waals surface area contributed by atoms with Gasteiger partial charge in [0.1, 0.15) is 17.6 Å². The number of aromatic nitrogens is 2. The van der Waals surface area contributed by atoms with Gasteiger partial charge in [-0.15, -0.1) is 0 Å². The van der Waals surface area contributed by atoms with Crippen LogP contribution in [-0.2, 0) is 4.79 Å². The number of nitrogens with zero attached hydrogens (tertiary/aromatic N) is 2. The minimum atomic E-state index is -0.697. The second-order valence-corrected chi connectivity index (χ2v) is 8.43. The molecule has 0 spiro atoms. The van der Waals surface area contributed by atoms with Crippen LogP contribution in [0.1, 0.15) is 56.1 Å². The number of carbonyl (C=O) groups is 2. The minimum Gasteiger partial charge on any atom is -0.339 e. The highest BCUT2D eigenvalue weighted by molar-refractivity contribution is 6.00. The number of nitrogens with one attached hydrogen (secondary N) is 2. The van der Waals surface area contributed by atoms with Crippen LogP contribution in [0.2, 0.25) is 0 Å². The Morgan fingerprint density at radius 2 is 1.76 bits per heavy atom. The van der Waals surface area contributed by atoms with E-state index in [0.29, 0.717) is 17.5 Å². The van der Waals surface area contributed by atoms with E-state index in [2.05, 4.69) is 15.7 Å². The molecule has 29 heavy (non-hydrogen) atoms. The van der Waals surface area contributed by atoms with E-state index >= 15 is 0 Å². The van der Waals surface area contributed by atoms with Crippen LogP contribution in [0.25, 0.3) is 0 Å². The van der Waals surface area contributed by atoms with Crippen molar-refractivity contribution in [3.63, 3.8) is 0 Å². The van der Waals surface area contributed by atoms with E-state index in [1.54, 1.807) is 29.1 Å². The van der Waals surface area contributed by atoms with Crippen molar-refractivity contribution in [1.82, 2.24) is 15.1 Å². The summed E-state index contributed by atoms with van der Waals surface area (Å²) in [5.41, 5.74) is 0.559. The number of amides is 2. The molecule has 154 valence electrons. The minimum absolute atomic E-state index is 0.0269. The van der Waals surface area contributed by atoms with Crippen molar-refractivity contribution >= 4 is 17.5 Å². The lowest BCUT2D eigenvalue weighted by atomic mass is 9.88. The van der Waals surface area contributed by atoms with Gasteiger partial charge in [-0.25, -0.2) is 4.39 Å². The van der Waals surface area contributed by atoms with E-state index in [-0.39, 0.29) is 29.5 Å². The fourth-order valence-corrected chi connectivity index (χ4v) is 4.12. The van der Waals surface area contributed by atoms with E-state index in [9.17, 15) is 14.0 Å². The van der Waals surface area contributed by atoms with Crippen molar-refractivity contribution in [3.8, 4) is 0 Å². The summed E-state index contributed by atoms with van der Waals surface area (Å²) in [5.74, 6) is -0.207. The molecule has 2 aliphatic carbocycles. The molecule has 4 rings (SSSR count). The summed E-state index contributed by atoms with van der Waals surface area (Å²) in [6.45, 7) is 3.90. The normalized spacial score (nSPS) is 17.4. The van der Waals surface area contributed by atoms with Crippen LogP contribution in [0.15, 0.2) is 36.5 Å². The van der Waals surface area contributed by atoms with Crippen LogP contribution in [0.4, 0.5) is 10.1 Å². The predicted molar refractivity (Wildman–Crippen MR) is 108 cm³/mol. The number of carbonyl (C=O) groups excluding carboxylic acids is 2. The first-order chi connectivity index (χ1) is 14.0. The molecule has 0 bridgehead atoms. The highest BCUT2D eigenvalue weighted by atomic mass is 19.1. The SMILES string of the molecule is CC(C)n1nccc1C(=O)NC(C(=O)Nc1ccccc1F)C(C1CC1)C1CC1. The zero-order chi connectivity index (χ0) is 20.5. The van der Waals surface area contributed by atoms with Crippen molar-refractivity contribution in [2.75, 3.05) is 5.32 Å². The van der Waals surface area contributed by atoms with Gasteiger partial charge < -0.3 is 10.6 Å². The van der Waals surface area contributed by atoms with Gasteiger partial charge in [0.15, 0.2) is 0 Å². The lowest BCUT2D eigenvalue weighted by molar-refractivity contribution is -0.119. The summed E-state index contributed by atoms with van der Waals surface area (Å²) in [6.07, 6.45) is 5.88. The number of para-hydroxylation sites is 1. The summed E-state index contributed by atoms with van der Waals surface area (Å²) >= 11 is 0. The molecule has 0 aliphatic heterocycles. The van der Waals surface area contributed by atoms with Crippen LogP contribution in [0, 0.1) is 23.6 Å². The molecule has 1 atom stereocenters. The van der Waals surface area contributed by atoms with E-state index in [1.807, 2.05) is 13.8 Å². The average Bonchev–Trinajstić information content (AvgIpc) is 3.62. The predicted octanol–water partition coefficient (Wildman–Crippen LogP) is 3.78. The molecule has 2 aromatic rings. The van der Waals surface area contributed by atoms with Crippen LogP contribution >= 0.6 is 0 Å². The Labute approximate surface area is 169 Å². The third-order valence-corrected chi connectivity index (χ3v) is 5.81. The zero-order valence-corrected chi connectivity index (χ0v) is 16.8. The summed E-state index contributed by atoms with van der Waals surface area (Å²) in [4.78, 5) is 26.2. The maximum Gasteiger partial charge on any atom is 0.270 e. The maximum absolute atomic E-state index is 14.1. The molecule has 2 N–H and O–H groups in total. The maximum atomic E-state index is 14.1. The van der Waals surface area contributed by atoms with Gasteiger partial charge in [0.05, 0.1) is 5.69 Å². The zero-order valence-electron chi connectivity index (χ0n) is 16.8. The average molecular weight is 398 g/mol. The molecular weight excluding hydrogens is 371 g/mol. The smallest absolute Gasteiger partial charge is 0.270 e. The molecular formula is C22H27FN4O2. The second kappa shape index (κ2) is 7.97. The molecule has 6 nitrogen and oxygen atoms in total. The Balaban J connectivity index is 1.58. The van der Waals surface area contributed by atoms with Gasteiger partial charge in [0, 0.05) is 12.2 Å². The number of hydrogen-bond acceptors (Lipinski definition) is 3. The first-order valence-corrected chi connectivity index (χ1v) is 10.4. The van der Waals surface area contributed by atoms with Gasteiger partial charge in [-0.2, -0.15) is 5.10 Å². The topological polar surface area (TPSA) is 76.0 Å². The van der Waals surface area contributed by atoms with Crippen LogP contribution < -0.4 is 10.6 Å². The number of hydrogen-bond donors (Lipinski definition) is 2. The first-order valence-electron chi connectivity index (χ1n) is 10.4. The highest BCUT2D eigenvalue weighted by Crippen LogP contribution is 2.50. The van der Waals surface area contributed by atoms with Gasteiger partial charge in [0.25, 0.3) is 5.91 Å². The molecule has 2 saturated carbocycles. The van der Waals surface area contributed by atoms with Crippen LogP contribution in [0.5, 0.6) is 0 Å². The Kier molecular flexibility index (Phi) is 5.39. The Hall–Kier alpha value is -2.70. The number of halogens is 1. The van der Waals surface area contributed by atoms with E-state index < -0.39 is 11.9 Å². The molecule has 2 fully saturated rings. The Bertz CT molecular complexity index is 890. The summed E-state index contributed by atoms with van der Waals surface area (Å²) in [6, 6.07) is 7.08. The van der Waals surface area contributed by atoms with Crippen molar-refractivity contribution in [3.05, 3.63) is 48.0 Å². The third kappa shape index (κ3) is 4.33. The summed E-state index contributed by atoms with van der Waals surface area (Å²) in [7, 11) is 0. The number of anilines is 1. The van der Waals surface area contributed by atoms with Gasteiger partial charge in [-0.3, -0.25) is 14.3 Å². The molecule has 2 amide bonds. The molecule has 2 aliphatic rings.